The van der Waals surface area contributed by atoms with Crippen LogP contribution in [0.5, 0.6) is 0 Å². The number of benzene rings is 2. The molecule has 2 heterocycles. The molecule has 4 rings (SSSR count). The molecule has 0 saturated carbocycles. The molecule has 1 N–H and O–H groups in total. The van der Waals surface area contributed by atoms with Crippen molar-refractivity contribution in [3.63, 3.8) is 0 Å². The number of amides is 2. The quantitative estimate of drug-likeness (QED) is 0.712. The lowest BCUT2D eigenvalue weighted by molar-refractivity contribution is 0.256. The highest BCUT2D eigenvalue weighted by atomic mass is 32.2. The molecule has 3 aromatic rings. The smallest absolute Gasteiger partial charge is 0.368 e. The number of hydrogen-bond acceptors (Lipinski definition) is 3. The van der Waals surface area contributed by atoms with Crippen LogP contribution >= 0.6 is 0 Å². The summed E-state index contributed by atoms with van der Waals surface area (Å²) in [7, 11) is 0. The highest BCUT2D eigenvalue weighted by Gasteiger charge is 2.21. The van der Waals surface area contributed by atoms with Gasteiger partial charge >= 0.3 is 11.2 Å². The van der Waals surface area contributed by atoms with Gasteiger partial charge in [0.1, 0.15) is 5.36 Å². The molecule has 101 valence electrons. The Morgan fingerprint density at radius 3 is 2.86 bits per heavy atom. The van der Waals surface area contributed by atoms with Crippen molar-refractivity contribution in [1.82, 2.24) is 9.97 Å². The van der Waals surface area contributed by atoms with E-state index in [0.717, 1.165) is 11.0 Å². The fourth-order valence-corrected chi connectivity index (χ4v) is 3.06. The van der Waals surface area contributed by atoms with Crippen LogP contribution in [0.3, 0.4) is 0 Å². The zero-order valence-corrected chi connectivity index (χ0v) is 11.3. The Balaban J connectivity index is 1.80. The zero-order chi connectivity index (χ0) is 14.4. The summed E-state index contributed by atoms with van der Waals surface area (Å²) in [6, 6.07) is 13.0. The predicted molar refractivity (Wildman–Crippen MR) is 73.8 cm³/mol. The average molecular weight is 295 g/mol. The normalized spacial score (nSPS) is 14.6. The van der Waals surface area contributed by atoms with Gasteiger partial charge in [-0.1, -0.05) is 12.1 Å². The van der Waals surface area contributed by atoms with Crippen LogP contribution in [0.25, 0.3) is 11.0 Å². The summed E-state index contributed by atoms with van der Waals surface area (Å²) in [5.74, 6) is 0. The predicted octanol–water partition coefficient (Wildman–Crippen LogP) is 0.903. The largest absolute Gasteiger partial charge is 0.604 e. The molecule has 1 radical (unpaired) electrons. The molecule has 0 spiro atoms. The van der Waals surface area contributed by atoms with Gasteiger partial charge in [-0.2, -0.15) is 15.0 Å². The van der Waals surface area contributed by atoms with Gasteiger partial charge < -0.3 is 4.55 Å². The summed E-state index contributed by atoms with van der Waals surface area (Å²) in [6.07, 6.45) is 0. The lowest BCUT2D eigenvalue weighted by Crippen LogP contribution is -2.23. The Labute approximate surface area is 121 Å². The molecule has 0 aliphatic carbocycles. The SMILES string of the molecule is O=C1N=c2[c]c([S+]([O-])c3nc4ccccc4[nH]3)ccc2=N1. The Hall–Kier alpha value is -2.51. The molecule has 2 aromatic carbocycles. The van der Waals surface area contributed by atoms with Gasteiger partial charge in [-0.25, -0.2) is 4.79 Å². The van der Waals surface area contributed by atoms with Gasteiger partial charge in [0, 0.05) is 0 Å². The van der Waals surface area contributed by atoms with Crippen LogP contribution in [0.2, 0.25) is 0 Å². The molecular formula is C14H7N4O2S. The van der Waals surface area contributed by atoms with E-state index in [9.17, 15) is 9.35 Å². The fourth-order valence-electron chi connectivity index (χ4n) is 2.08. The first-order valence-electron chi connectivity index (χ1n) is 6.11. The Bertz CT molecular complexity index is 963. The maximum atomic E-state index is 12.5. The van der Waals surface area contributed by atoms with Crippen molar-refractivity contribution in [3.8, 4) is 0 Å². The molecule has 1 atom stereocenters. The summed E-state index contributed by atoms with van der Waals surface area (Å²) in [4.78, 5) is 26.3. The first kappa shape index (κ1) is 12.2. The Kier molecular flexibility index (Phi) is 2.63. The van der Waals surface area contributed by atoms with Crippen molar-refractivity contribution in [1.29, 1.82) is 0 Å². The molecule has 0 fully saturated rings. The van der Waals surface area contributed by atoms with Gasteiger partial charge in [0.15, 0.2) is 4.90 Å². The molecule has 0 bridgehead atoms. The van der Waals surface area contributed by atoms with Gasteiger partial charge in [-0.05, 0) is 24.3 Å². The van der Waals surface area contributed by atoms with E-state index in [1.165, 1.54) is 0 Å². The summed E-state index contributed by atoms with van der Waals surface area (Å²) in [5, 5.41) is 1.11. The molecule has 2 amide bonds. The number of fused-ring (bicyclic) bond motifs is 2. The monoisotopic (exact) mass is 295 g/mol. The number of nitrogens with zero attached hydrogens (tertiary/aromatic N) is 3. The van der Waals surface area contributed by atoms with E-state index < -0.39 is 17.2 Å². The summed E-state index contributed by atoms with van der Waals surface area (Å²) < 4.78 is 12.5. The number of hydrogen-bond donors (Lipinski definition) is 1. The van der Waals surface area contributed by atoms with Gasteiger partial charge in [0.05, 0.1) is 33.6 Å². The lowest BCUT2D eigenvalue weighted by atomic mass is 10.3. The number of imidazole rings is 1. The number of nitrogens with one attached hydrogen (secondary N) is 1. The van der Waals surface area contributed by atoms with Crippen molar-refractivity contribution in [2.24, 2.45) is 9.98 Å². The van der Waals surface area contributed by atoms with Crippen LogP contribution in [0, 0.1) is 6.07 Å². The van der Waals surface area contributed by atoms with Crippen LogP contribution in [-0.4, -0.2) is 20.6 Å². The van der Waals surface area contributed by atoms with Crippen molar-refractivity contribution < 1.29 is 9.35 Å². The second-order valence-electron chi connectivity index (χ2n) is 4.39. The topological polar surface area (TPSA) is 93.5 Å². The number of para-hydroxylation sites is 2. The van der Waals surface area contributed by atoms with Crippen LogP contribution < -0.4 is 10.7 Å². The van der Waals surface area contributed by atoms with Gasteiger partial charge in [-0.15, -0.1) is 0 Å². The van der Waals surface area contributed by atoms with Crippen LogP contribution in [-0.2, 0) is 11.2 Å². The minimum absolute atomic E-state index is 0.321. The molecular weight excluding hydrogens is 288 g/mol. The number of H-pyrrole nitrogens is 1. The molecule has 6 nitrogen and oxygen atoms in total. The van der Waals surface area contributed by atoms with Crippen molar-refractivity contribution in [2.75, 3.05) is 0 Å². The summed E-state index contributed by atoms with van der Waals surface area (Å²) in [6.45, 7) is 0. The molecule has 0 saturated heterocycles. The highest BCUT2D eigenvalue weighted by Crippen LogP contribution is 2.19. The molecule has 7 heteroatoms. The number of aromatic nitrogens is 2. The third-order valence-electron chi connectivity index (χ3n) is 3.04. The third kappa shape index (κ3) is 2.03. The van der Waals surface area contributed by atoms with E-state index in [1.54, 1.807) is 12.1 Å². The Morgan fingerprint density at radius 2 is 2.00 bits per heavy atom. The van der Waals surface area contributed by atoms with E-state index in [-0.39, 0.29) is 0 Å². The third-order valence-corrected chi connectivity index (χ3v) is 4.23. The van der Waals surface area contributed by atoms with Crippen LogP contribution in [0.1, 0.15) is 0 Å². The lowest BCUT2D eigenvalue weighted by Gasteiger charge is -2.04. The molecule has 21 heavy (non-hydrogen) atoms. The maximum absolute atomic E-state index is 12.5. The van der Waals surface area contributed by atoms with Crippen molar-refractivity contribution >= 4 is 28.2 Å². The second kappa shape index (κ2) is 4.51. The molecule has 1 unspecified atom stereocenters. The number of rotatable bonds is 2. The maximum Gasteiger partial charge on any atom is 0.368 e. The number of aromatic amines is 1. The number of carbonyl (C=O) groups is 1. The minimum Gasteiger partial charge on any atom is -0.604 e. The summed E-state index contributed by atoms with van der Waals surface area (Å²) >= 11 is -1.52. The average Bonchev–Trinajstić information content (AvgIpc) is 3.07. The Morgan fingerprint density at radius 1 is 1.14 bits per heavy atom. The number of urea groups is 1. The van der Waals surface area contributed by atoms with Crippen LogP contribution in [0.15, 0.2) is 56.4 Å². The first-order chi connectivity index (χ1) is 10.2. The standard InChI is InChI=1S/C14H7N4O2S/c19-13-15-11-6-5-8(7-12(11)16-13)21(20)14-17-9-3-1-2-4-10(9)18-14/h1-6H,(H,17,18). The van der Waals surface area contributed by atoms with E-state index in [4.69, 9.17) is 0 Å². The molecule has 1 aliphatic heterocycles. The zero-order valence-electron chi connectivity index (χ0n) is 10.5. The van der Waals surface area contributed by atoms with Gasteiger partial charge in [0.25, 0.3) is 0 Å². The molecule has 1 aromatic heterocycles. The van der Waals surface area contributed by atoms with E-state index >= 15 is 0 Å². The van der Waals surface area contributed by atoms with Gasteiger partial charge in [-0.3, -0.25) is 4.98 Å². The summed E-state index contributed by atoms with van der Waals surface area (Å²) in [5.41, 5.74) is 1.56. The fraction of sp³-hybridized carbons (Fsp3) is 0. The van der Waals surface area contributed by atoms with E-state index in [2.05, 4.69) is 26.0 Å². The first-order valence-corrected chi connectivity index (χ1v) is 7.26. The van der Waals surface area contributed by atoms with Crippen LogP contribution in [0.4, 0.5) is 4.79 Å². The van der Waals surface area contributed by atoms with E-state index in [1.807, 2.05) is 24.3 Å². The molecule has 1 aliphatic rings. The van der Waals surface area contributed by atoms with Crippen molar-refractivity contribution in [3.05, 3.63) is 53.2 Å². The van der Waals surface area contributed by atoms with Gasteiger partial charge in [0.2, 0.25) is 0 Å². The van der Waals surface area contributed by atoms with Crippen molar-refractivity contribution in [2.45, 2.75) is 10.1 Å². The minimum atomic E-state index is -1.52. The van der Waals surface area contributed by atoms with E-state index in [0.29, 0.717) is 20.8 Å². The highest BCUT2D eigenvalue weighted by molar-refractivity contribution is 7.91. The number of carbonyl (C=O) groups excluding carboxylic acids is 1. The second-order valence-corrected chi connectivity index (χ2v) is 5.75.